The SMILES string of the molecule is CNCc1ccc(S(=O)(=O)NCCn2ccnc2)o1. The fraction of sp³-hybridized carbons (Fsp3) is 0.364. The first-order valence-corrected chi connectivity index (χ1v) is 7.29. The zero-order valence-electron chi connectivity index (χ0n) is 10.5. The lowest BCUT2D eigenvalue weighted by Crippen LogP contribution is -2.26. The molecular formula is C11H16N4O3S. The number of nitrogens with one attached hydrogen (secondary N) is 2. The first-order valence-electron chi connectivity index (χ1n) is 5.80. The van der Waals surface area contributed by atoms with Gasteiger partial charge in [0, 0.05) is 25.5 Å². The van der Waals surface area contributed by atoms with Crippen LogP contribution in [0.4, 0.5) is 0 Å². The maximum atomic E-state index is 11.9. The lowest BCUT2D eigenvalue weighted by atomic mass is 10.4. The summed E-state index contributed by atoms with van der Waals surface area (Å²) in [5, 5.41) is 2.82. The summed E-state index contributed by atoms with van der Waals surface area (Å²) in [5.74, 6) is 0.581. The van der Waals surface area contributed by atoms with Gasteiger partial charge in [0.05, 0.1) is 12.9 Å². The highest BCUT2D eigenvalue weighted by molar-refractivity contribution is 7.89. The Labute approximate surface area is 111 Å². The van der Waals surface area contributed by atoms with Crippen LogP contribution in [0.3, 0.4) is 0 Å². The van der Waals surface area contributed by atoms with E-state index in [9.17, 15) is 8.42 Å². The molecule has 0 atom stereocenters. The van der Waals surface area contributed by atoms with Gasteiger partial charge in [-0.1, -0.05) is 0 Å². The van der Waals surface area contributed by atoms with E-state index in [1.807, 2.05) is 0 Å². The van der Waals surface area contributed by atoms with Gasteiger partial charge >= 0.3 is 0 Å². The monoisotopic (exact) mass is 284 g/mol. The van der Waals surface area contributed by atoms with Gasteiger partial charge in [-0.3, -0.25) is 0 Å². The third-order valence-electron chi connectivity index (χ3n) is 2.47. The molecule has 0 unspecified atom stereocenters. The molecule has 0 aliphatic heterocycles. The Bertz CT molecular complexity index is 604. The molecule has 0 saturated heterocycles. The minimum Gasteiger partial charge on any atom is -0.447 e. The average molecular weight is 284 g/mol. The van der Waals surface area contributed by atoms with E-state index in [1.165, 1.54) is 6.07 Å². The van der Waals surface area contributed by atoms with Crippen LogP contribution in [-0.2, 0) is 23.1 Å². The summed E-state index contributed by atoms with van der Waals surface area (Å²) in [6, 6.07) is 3.09. The van der Waals surface area contributed by atoms with Crippen LogP contribution in [0.1, 0.15) is 5.76 Å². The van der Waals surface area contributed by atoms with Crippen molar-refractivity contribution in [3.05, 3.63) is 36.6 Å². The number of hydrogen-bond acceptors (Lipinski definition) is 5. The molecular weight excluding hydrogens is 268 g/mol. The molecule has 2 heterocycles. The van der Waals surface area contributed by atoms with E-state index in [4.69, 9.17) is 4.42 Å². The van der Waals surface area contributed by atoms with Gasteiger partial charge in [0.1, 0.15) is 5.76 Å². The number of rotatable bonds is 7. The number of sulfonamides is 1. The smallest absolute Gasteiger partial charge is 0.274 e. The highest BCUT2D eigenvalue weighted by Crippen LogP contribution is 2.13. The van der Waals surface area contributed by atoms with Gasteiger partial charge in [0.2, 0.25) is 5.09 Å². The lowest BCUT2D eigenvalue weighted by molar-refractivity contribution is 0.404. The van der Waals surface area contributed by atoms with Gasteiger partial charge in [0.15, 0.2) is 0 Å². The molecule has 0 saturated carbocycles. The maximum absolute atomic E-state index is 11.9. The van der Waals surface area contributed by atoms with Crippen LogP contribution in [-0.4, -0.2) is 31.6 Å². The summed E-state index contributed by atoms with van der Waals surface area (Å²) in [4.78, 5) is 3.88. The molecule has 2 aromatic rings. The highest BCUT2D eigenvalue weighted by atomic mass is 32.2. The van der Waals surface area contributed by atoms with Gasteiger partial charge in [-0.2, -0.15) is 0 Å². The van der Waals surface area contributed by atoms with Gasteiger partial charge in [-0.25, -0.2) is 18.1 Å². The summed E-state index contributed by atoms with van der Waals surface area (Å²) in [7, 11) is -1.83. The molecule has 7 nitrogen and oxygen atoms in total. The second-order valence-electron chi connectivity index (χ2n) is 3.95. The summed E-state index contributed by atoms with van der Waals surface area (Å²) in [5.41, 5.74) is 0. The second kappa shape index (κ2) is 6.00. The van der Waals surface area contributed by atoms with Gasteiger partial charge < -0.3 is 14.3 Å². The van der Waals surface area contributed by atoms with Gasteiger partial charge in [0.25, 0.3) is 10.0 Å². The van der Waals surface area contributed by atoms with Crippen LogP contribution in [0, 0.1) is 0 Å². The van der Waals surface area contributed by atoms with Crippen molar-refractivity contribution in [1.82, 2.24) is 19.6 Å². The molecule has 19 heavy (non-hydrogen) atoms. The van der Waals surface area contributed by atoms with Crippen molar-refractivity contribution in [1.29, 1.82) is 0 Å². The first kappa shape index (κ1) is 13.8. The quantitative estimate of drug-likeness (QED) is 0.757. The van der Waals surface area contributed by atoms with Crippen LogP contribution in [0.5, 0.6) is 0 Å². The van der Waals surface area contributed by atoms with Crippen LogP contribution in [0.25, 0.3) is 0 Å². The van der Waals surface area contributed by atoms with E-state index < -0.39 is 10.0 Å². The van der Waals surface area contributed by atoms with E-state index in [0.29, 0.717) is 18.8 Å². The number of aromatic nitrogens is 2. The number of imidazole rings is 1. The van der Waals surface area contributed by atoms with Crippen molar-refractivity contribution in [2.75, 3.05) is 13.6 Å². The molecule has 0 aliphatic rings. The van der Waals surface area contributed by atoms with Crippen LogP contribution in [0.15, 0.2) is 40.4 Å². The third-order valence-corrected chi connectivity index (χ3v) is 3.81. The van der Waals surface area contributed by atoms with Gasteiger partial charge in [-0.15, -0.1) is 0 Å². The Balaban J connectivity index is 1.93. The zero-order valence-corrected chi connectivity index (χ0v) is 11.4. The minimum absolute atomic E-state index is 0.0663. The summed E-state index contributed by atoms with van der Waals surface area (Å²) < 4.78 is 33.4. The highest BCUT2D eigenvalue weighted by Gasteiger charge is 2.17. The molecule has 0 aliphatic carbocycles. The van der Waals surface area contributed by atoms with Crippen LogP contribution >= 0.6 is 0 Å². The number of furan rings is 1. The van der Waals surface area contributed by atoms with E-state index in [2.05, 4.69) is 15.0 Å². The molecule has 0 spiro atoms. The molecule has 104 valence electrons. The van der Waals surface area contributed by atoms with Crippen molar-refractivity contribution in [3.63, 3.8) is 0 Å². The maximum Gasteiger partial charge on any atom is 0.274 e. The van der Waals surface area contributed by atoms with Crippen LogP contribution in [0.2, 0.25) is 0 Å². The minimum atomic E-state index is -3.59. The van der Waals surface area contributed by atoms with E-state index in [1.54, 1.807) is 36.4 Å². The largest absolute Gasteiger partial charge is 0.447 e. The first-order chi connectivity index (χ1) is 9.12. The Hall–Kier alpha value is -1.64. The number of hydrogen-bond donors (Lipinski definition) is 2. The predicted octanol–water partition coefficient (Wildman–Crippen LogP) is 0.174. The summed E-state index contributed by atoms with van der Waals surface area (Å²) in [6.07, 6.45) is 5.05. The Kier molecular flexibility index (Phi) is 4.35. The standard InChI is InChI=1S/C11H16N4O3S/c1-12-8-10-2-3-11(18-10)19(16,17)14-5-7-15-6-4-13-9-15/h2-4,6,9,12,14H,5,7-8H2,1H3. The van der Waals surface area contributed by atoms with Crippen molar-refractivity contribution < 1.29 is 12.8 Å². The normalized spacial score (nSPS) is 11.8. The molecule has 0 aromatic carbocycles. The Morgan fingerprint density at radius 1 is 1.42 bits per heavy atom. The fourth-order valence-electron chi connectivity index (χ4n) is 1.57. The average Bonchev–Trinajstić information content (AvgIpc) is 3.00. The van der Waals surface area contributed by atoms with Crippen molar-refractivity contribution in [2.45, 2.75) is 18.2 Å². The molecule has 8 heteroatoms. The van der Waals surface area contributed by atoms with Crippen LogP contribution < -0.4 is 10.0 Å². The van der Waals surface area contributed by atoms with E-state index in [-0.39, 0.29) is 11.6 Å². The summed E-state index contributed by atoms with van der Waals surface area (Å²) >= 11 is 0. The van der Waals surface area contributed by atoms with Gasteiger partial charge in [-0.05, 0) is 19.2 Å². The number of nitrogens with zero attached hydrogens (tertiary/aromatic N) is 2. The molecule has 2 rings (SSSR count). The Morgan fingerprint density at radius 2 is 2.26 bits per heavy atom. The topological polar surface area (TPSA) is 89.2 Å². The molecule has 2 N–H and O–H groups in total. The van der Waals surface area contributed by atoms with Crippen molar-refractivity contribution >= 4 is 10.0 Å². The van der Waals surface area contributed by atoms with E-state index in [0.717, 1.165) is 0 Å². The van der Waals surface area contributed by atoms with E-state index >= 15 is 0 Å². The Morgan fingerprint density at radius 3 is 2.95 bits per heavy atom. The fourth-order valence-corrected chi connectivity index (χ4v) is 2.54. The predicted molar refractivity (Wildman–Crippen MR) is 68.9 cm³/mol. The van der Waals surface area contributed by atoms with Crippen molar-refractivity contribution in [2.24, 2.45) is 0 Å². The third kappa shape index (κ3) is 3.66. The second-order valence-corrected chi connectivity index (χ2v) is 5.65. The molecule has 0 bridgehead atoms. The molecule has 0 fully saturated rings. The molecule has 2 aromatic heterocycles. The summed E-state index contributed by atoms with van der Waals surface area (Å²) in [6.45, 7) is 1.29. The van der Waals surface area contributed by atoms with Crippen molar-refractivity contribution in [3.8, 4) is 0 Å². The molecule has 0 radical (unpaired) electrons. The lowest BCUT2D eigenvalue weighted by Gasteiger charge is -2.04. The molecule has 0 amide bonds. The zero-order chi connectivity index (χ0) is 13.7.